The number of anilines is 1. The first-order valence-corrected chi connectivity index (χ1v) is 7.16. The lowest BCUT2D eigenvalue weighted by Gasteiger charge is -2.42. The lowest BCUT2D eigenvalue weighted by molar-refractivity contribution is 0.0702. The average molecular weight is 267 g/mol. The van der Waals surface area contributed by atoms with E-state index in [4.69, 9.17) is 5.11 Å². The number of fused-ring (bicyclic) bond motifs is 1. The Morgan fingerprint density at radius 1 is 1.56 bits per heavy atom. The van der Waals surface area contributed by atoms with E-state index in [1.807, 2.05) is 0 Å². The van der Waals surface area contributed by atoms with Gasteiger partial charge in [-0.2, -0.15) is 0 Å². The molecule has 0 spiro atoms. The van der Waals surface area contributed by atoms with Gasteiger partial charge < -0.3 is 10.0 Å². The van der Waals surface area contributed by atoms with E-state index in [1.54, 1.807) is 0 Å². The van der Waals surface area contributed by atoms with Crippen molar-refractivity contribution in [3.8, 4) is 0 Å². The maximum atomic E-state index is 10.9. The normalized spacial score (nSPS) is 28.4. The van der Waals surface area contributed by atoms with E-state index >= 15 is 0 Å². The molecule has 98 valence electrons. The van der Waals surface area contributed by atoms with Crippen LogP contribution in [0.25, 0.3) is 0 Å². The number of thiazole rings is 1. The Kier molecular flexibility index (Phi) is 2.99. The molecule has 5 nitrogen and oxygen atoms in total. The predicted molar refractivity (Wildman–Crippen MR) is 70.5 cm³/mol. The largest absolute Gasteiger partial charge is 0.477 e. The number of piperazine rings is 1. The van der Waals surface area contributed by atoms with Gasteiger partial charge in [-0.15, -0.1) is 0 Å². The number of rotatable bonds is 2. The summed E-state index contributed by atoms with van der Waals surface area (Å²) in [6.45, 7) is 5.44. The molecular formula is C12H17N3O2S. The molecule has 2 saturated heterocycles. The summed E-state index contributed by atoms with van der Waals surface area (Å²) in [4.78, 5) is 20.3. The number of aromatic nitrogens is 1. The van der Waals surface area contributed by atoms with E-state index in [0.717, 1.165) is 18.2 Å². The molecule has 6 heteroatoms. The van der Waals surface area contributed by atoms with Crippen LogP contribution in [0.2, 0.25) is 0 Å². The number of carboxylic acid groups (broad SMARTS) is 1. The van der Waals surface area contributed by atoms with Crippen LogP contribution in [0.5, 0.6) is 0 Å². The zero-order valence-electron chi connectivity index (χ0n) is 10.4. The van der Waals surface area contributed by atoms with E-state index < -0.39 is 5.97 Å². The van der Waals surface area contributed by atoms with Gasteiger partial charge >= 0.3 is 5.97 Å². The van der Waals surface area contributed by atoms with Gasteiger partial charge in [0.15, 0.2) is 5.13 Å². The average Bonchev–Trinajstić information content (AvgIpc) is 2.94. The summed E-state index contributed by atoms with van der Waals surface area (Å²) >= 11 is 1.28. The van der Waals surface area contributed by atoms with Crippen LogP contribution in [0.4, 0.5) is 5.13 Å². The molecular weight excluding hydrogens is 250 g/mol. The SMILES string of the molecule is CC1CN2CCCC2CN1c1ncc(C(=O)O)s1. The number of aromatic carboxylic acids is 1. The fourth-order valence-electron chi connectivity index (χ4n) is 2.95. The number of carbonyl (C=O) groups is 1. The third-order valence-corrected chi connectivity index (χ3v) is 4.91. The molecule has 2 unspecified atom stereocenters. The van der Waals surface area contributed by atoms with Gasteiger partial charge in [0.25, 0.3) is 0 Å². The molecule has 2 aliphatic rings. The highest BCUT2D eigenvalue weighted by atomic mass is 32.1. The Bertz CT molecular complexity index is 462. The Hall–Kier alpha value is -1.14. The van der Waals surface area contributed by atoms with Crippen LogP contribution in [0.1, 0.15) is 29.4 Å². The van der Waals surface area contributed by atoms with Crippen LogP contribution in [0.3, 0.4) is 0 Å². The molecule has 1 N–H and O–H groups in total. The minimum absolute atomic E-state index is 0.325. The van der Waals surface area contributed by atoms with Crippen LogP contribution in [-0.2, 0) is 0 Å². The van der Waals surface area contributed by atoms with Crippen LogP contribution in [0.15, 0.2) is 6.20 Å². The minimum Gasteiger partial charge on any atom is -0.477 e. The molecule has 0 saturated carbocycles. The van der Waals surface area contributed by atoms with Crippen molar-refractivity contribution in [2.24, 2.45) is 0 Å². The third kappa shape index (κ3) is 1.99. The second-order valence-electron chi connectivity index (χ2n) is 5.10. The molecule has 0 aromatic carbocycles. The monoisotopic (exact) mass is 267 g/mol. The number of hydrogen-bond acceptors (Lipinski definition) is 5. The first-order valence-electron chi connectivity index (χ1n) is 6.35. The summed E-state index contributed by atoms with van der Waals surface area (Å²) in [5.41, 5.74) is 0. The molecule has 3 rings (SSSR count). The topological polar surface area (TPSA) is 56.7 Å². The molecule has 2 fully saturated rings. The first-order chi connectivity index (χ1) is 8.65. The minimum atomic E-state index is -0.883. The third-order valence-electron chi connectivity index (χ3n) is 3.89. The fraction of sp³-hybridized carbons (Fsp3) is 0.667. The highest BCUT2D eigenvalue weighted by Gasteiger charge is 2.35. The Balaban J connectivity index is 1.80. The van der Waals surface area contributed by atoms with Crippen molar-refractivity contribution >= 4 is 22.4 Å². The molecule has 1 aromatic rings. The van der Waals surface area contributed by atoms with Gasteiger partial charge in [0.1, 0.15) is 4.88 Å². The summed E-state index contributed by atoms with van der Waals surface area (Å²) in [6.07, 6.45) is 4.00. The van der Waals surface area contributed by atoms with Crippen LogP contribution < -0.4 is 4.90 Å². The van der Waals surface area contributed by atoms with Gasteiger partial charge in [-0.25, -0.2) is 9.78 Å². The van der Waals surface area contributed by atoms with Gasteiger partial charge in [0.05, 0.1) is 6.20 Å². The van der Waals surface area contributed by atoms with Crippen molar-refractivity contribution < 1.29 is 9.90 Å². The molecule has 2 atom stereocenters. The van der Waals surface area contributed by atoms with Crippen LogP contribution in [-0.4, -0.2) is 52.7 Å². The molecule has 0 radical (unpaired) electrons. The van der Waals surface area contributed by atoms with E-state index in [-0.39, 0.29) is 0 Å². The maximum absolute atomic E-state index is 10.9. The van der Waals surface area contributed by atoms with Gasteiger partial charge in [-0.1, -0.05) is 11.3 Å². The lowest BCUT2D eigenvalue weighted by Crippen LogP contribution is -2.55. The smallest absolute Gasteiger partial charge is 0.347 e. The summed E-state index contributed by atoms with van der Waals surface area (Å²) in [5, 5.41) is 9.81. The van der Waals surface area contributed by atoms with Crippen molar-refractivity contribution in [2.75, 3.05) is 24.5 Å². The van der Waals surface area contributed by atoms with E-state index in [2.05, 4.69) is 21.7 Å². The molecule has 3 heterocycles. The van der Waals surface area contributed by atoms with Gasteiger partial charge in [0, 0.05) is 25.2 Å². The van der Waals surface area contributed by atoms with E-state index in [1.165, 1.54) is 36.9 Å². The lowest BCUT2D eigenvalue weighted by atomic mass is 10.1. The van der Waals surface area contributed by atoms with E-state index in [0.29, 0.717) is 17.0 Å². The standard InChI is InChI=1S/C12H17N3O2S/c1-8-6-14-4-2-3-9(14)7-15(8)12-13-5-10(18-12)11(16)17/h5,8-9H,2-4,6-7H2,1H3,(H,16,17). The number of nitrogens with zero attached hydrogens (tertiary/aromatic N) is 3. The molecule has 2 aliphatic heterocycles. The molecule has 0 bridgehead atoms. The summed E-state index contributed by atoms with van der Waals surface area (Å²) < 4.78 is 0. The predicted octanol–water partition coefficient (Wildman–Crippen LogP) is 1.51. The zero-order chi connectivity index (χ0) is 12.7. The molecule has 18 heavy (non-hydrogen) atoms. The number of carboxylic acids is 1. The fourth-order valence-corrected chi connectivity index (χ4v) is 3.82. The van der Waals surface area contributed by atoms with Crippen LogP contribution >= 0.6 is 11.3 Å². The molecule has 0 amide bonds. The van der Waals surface area contributed by atoms with Crippen molar-refractivity contribution in [1.29, 1.82) is 0 Å². The second-order valence-corrected chi connectivity index (χ2v) is 6.11. The zero-order valence-corrected chi connectivity index (χ0v) is 11.2. The summed E-state index contributed by atoms with van der Waals surface area (Å²) in [6, 6.07) is 1.03. The Labute approximate surface area is 110 Å². The maximum Gasteiger partial charge on any atom is 0.347 e. The van der Waals surface area contributed by atoms with Crippen LogP contribution in [0, 0.1) is 0 Å². The first kappa shape index (κ1) is 11.9. The van der Waals surface area contributed by atoms with E-state index in [9.17, 15) is 4.79 Å². The summed E-state index contributed by atoms with van der Waals surface area (Å²) in [5.74, 6) is -0.883. The van der Waals surface area contributed by atoms with Crippen molar-refractivity contribution in [1.82, 2.24) is 9.88 Å². The van der Waals surface area contributed by atoms with Gasteiger partial charge in [0.2, 0.25) is 0 Å². The van der Waals surface area contributed by atoms with Crippen molar-refractivity contribution in [3.63, 3.8) is 0 Å². The summed E-state index contributed by atoms with van der Waals surface area (Å²) in [7, 11) is 0. The highest BCUT2D eigenvalue weighted by molar-refractivity contribution is 7.17. The van der Waals surface area contributed by atoms with Crippen molar-refractivity contribution in [3.05, 3.63) is 11.1 Å². The second kappa shape index (κ2) is 4.51. The molecule has 0 aliphatic carbocycles. The highest BCUT2D eigenvalue weighted by Crippen LogP contribution is 2.31. The number of hydrogen-bond donors (Lipinski definition) is 1. The van der Waals surface area contributed by atoms with Gasteiger partial charge in [-0.05, 0) is 26.3 Å². The quantitative estimate of drug-likeness (QED) is 0.880. The van der Waals surface area contributed by atoms with Crippen molar-refractivity contribution in [2.45, 2.75) is 31.8 Å². The Morgan fingerprint density at radius 2 is 2.39 bits per heavy atom. The Morgan fingerprint density at radius 3 is 3.11 bits per heavy atom. The van der Waals surface area contributed by atoms with Gasteiger partial charge in [-0.3, -0.25) is 4.90 Å². The molecule has 1 aromatic heterocycles.